The molecule has 0 unspecified atom stereocenters. The predicted octanol–water partition coefficient (Wildman–Crippen LogP) is 2.99. The lowest BCUT2D eigenvalue weighted by molar-refractivity contribution is 0.443. The van der Waals surface area contributed by atoms with Crippen molar-refractivity contribution in [3.8, 4) is 0 Å². The molecule has 1 aromatic rings. The van der Waals surface area contributed by atoms with Crippen molar-refractivity contribution in [1.29, 1.82) is 0 Å². The number of hydrogen-bond acceptors (Lipinski definition) is 2. The van der Waals surface area contributed by atoms with E-state index in [1.807, 2.05) is 0 Å². The van der Waals surface area contributed by atoms with Gasteiger partial charge in [0.25, 0.3) is 0 Å². The summed E-state index contributed by atoms with van der Waals surface area (Å²) in [5.74, 6) is 3.20. The number of rotatable bonds is 4. The Morgan fingerprint density at radius 1 is 1.16 bits per heavy atom. The fourth-order valence-corrected chi connectivity index (χ4v) is 3.91. The molecule has 0 aromatic carbocycles. The van der Waals surface area contributed by atoms with Crippen LogP contribution in [0.15, 0.2) is 0 Å². The van der Waals surface area contributed by atoms with E-state index in [0.717, 1.165) is 24.9 Å². The third kappa shape index (κ3) is 2.33. The molecule has 0 bridgehead atoms. The van der Waals surface area contributed by atoms with Crippen LogP contribution in [0, 0.1) is 5.92 Å². The third-order valence-electron chi connectivity index (χ3n) is 5.19. The van der Waals surface area contributed by atoms with Crippen LogP contribution in [0.4, 0.5) is 0 Å². The molecule has 0 radical (unpaired) electrons. The zero-order valence-corrected chi connectivity index (χ0v) is 11.8. The Labute approximate surface area is 115 Å². The first-order valence-corrected chi connectivity index (χ1v) is 8.20. The number of imidazole rings is 1. The van der Waals surface area contributed by atoms with Gasteiger partial charge in [0.05, 0.1) is 5.69 Å². The molecule has 2 fully saturated rings. The minimum atomic E-state index is 0.786. The third-order valence-corrected chi connectivity index (χ3v) is 5.19. The summed E-state index contributed by atoms with van der Waals surface area (Å²) in [6, 6.07) is 0. The van der Waals surface area contributed by atoms with E-state index < -0.39 is 0 Å². The smallest absolute Gasteiger partial charge is 0.112 e. The van der Waals surface area contributed by atoms with Crippen molar-refractivity contribution in [3.05, 3.63) is 17.2 Å². The van der Waals surface area contributed by atoms with E-state index in [1.54, 1.807) is 5.69 Å². The normalized spacial score (nSPS) is 23.8. The monoisotopic (exact) mass is 259 g/mol. The molecule has 0 spiro atoms. The van der Waals surface area contributed by atoms with Crippen LogP contribution in [0.25, 0.3) is 0 Å². The highest BCUT2D eigenvalue weighted by atomic mass is 15.1. The molecule has 2 saturated carbocycles. The number of fused-ring (bicyclic) bond motifs is 1. The second-order valence-electron chi connectivity index (χ2n) is 6.66. The van der Waals surface area contributed by atoms with Gasteiger partial charge in [0.2, 0.25) is 0 Å². The number of nitrogens with zero attached hydrogens (tertiary/aromatic N) is 2. The molecular formula is C16H25N3. The van der Waals surface area contributed by atoms with E-state index in [2.05, 4.69) is 9.88 Å². The second-order valence-corrected chi connectivity index (χ2v) is 6.66. The van der Waals surface area contributed by atoms with Gasteiger partial charge in [0.1, 0.15) is 5.82 Å². The van der Waals surface area contributed by atoms with Gasteiger partial charge in [-0.05, 0) is 25.2 Å². The molecule has 0 atom stereocenters. The standard InChI is InChI=1S/C16H25N3/c1-2-4-12(3-1)8-10-19-15-7-9-17-11-14(15)18-16(19)13-5-6-13/h12-13,17H,1-11H2. The number of nitrogens with one attached hydrogen (secondary N) is 1. The minimum Gasteiger partial charge on any atom is -0.331 e. The van der Waals surface area contributed by atoms with E-state index in [9.17, 15) is 0 Å². The Morgan fingerprint density at radius 3 is 2.79 bits per heavy atom. The van der Waals surface area contributed by atoms with Crippen molar-refractivity contribution in [2.24, 2.45) is 5.92 Å². The number of aromatic nitrogens is 2. The Morgan fingerprint density at radius 2 is 2.00 bits per heavy atom. The van der Waals surface area contributed by atoms with Gasteiger partial charge in [-0.15, -0.1) is 0 Å². The van der Waals surface area contributed by atoms with E-state index in [4.69, 9.17) is 4.98 Å². The van der Waals surface area contributed by atoms with Gasteiger partial charge < -0.3 is 9.88 Å². The van der Waals surface area contributed by atoms with E-state index in [0.29, 0.717) is 0 Å². The summed E-state index contributed by atoms with van der Waals surface area (Å²) in [5.41, 5.74) is 2.90. The first kappa shape index (κ1) is 12.0. The van der Waals surface area contributed by atoms with Gasteiger partial charge in [0, 0.05) is 37.7 Å². The summed E-state index contributed by atoms with van der Waals surface area (Å²) < 4.78 is 2.62. The summed E-state index contributed by atoms with van der Waals surface area (Å²) in [7, 11) is 0. The maximum Gasteiger partial charge on any atom is 0.112 e. The van der Waals surface area contributed by atoms with Crippen molar-refractivity contribution in [1.82, 2.24) is 14.9 Å². The molecule has 19 heavy (non-hydrogen) atoms. The first-order chi connectivity index (χ1) is 9.42. The van der Waals surface area contributed by atoms with E-state index in [1.165, 1.54) is 69.4 Å². The van der Waals surface area contributed by atoms with Crippen molar-refractivity contribution in [3.63, 3.8) is 0 Å². The van der Waals surface area contributed by atoms with Gasteiger partial charge in [-0.1, -0.05) is 25.7 Å². The van der Waals surface area contributed by atoms with Crippen LogP contribution >= 0.6 is 0 Å². The molecule has 0 amide bonds. The molecule has 3 heteroatoms. The van der Waals surface area contributed by atoms with Gasteiger partial charge in [-0.2, -0.15) is 0 Å². The lowest BCUT2D eigenvalue weighted by Crippen LogP contribution is -2.25. The second kappa shape index (κ2) is 4.93. The first-order valence-electron chi connectivity index (χ1n) is 8.20. The van der Waals surface area contributed by atoms with Gasteiger partial charge >= 0.3 is 0 Å². The SMILES string of the molecule is C1CCC(CCn2c(C3CC3)nc3c2CCNC3)C1. The highest BCUT2D eigenvalue weighted by Crippen LogP contribution is 2.41. The minimum absolute atomic E-state index is 0.786. The van der Waals surface area contributed by atoms with E-state index >= 15 is 0 Å². The number of hydrogen-bond donors (Lipinski definition) is 1. The van der Waals surface area contributed by atoms with Gasteiger partial charge in [-0.25, -0.2) is 4.98 Å². The zero-order valence-electron chi connectivity index (χ0n) is 11.8. The lowest BCUT2D eigenvalue weighted by Gasteiger charge is -2.17. The molecule has 0 saturated heterocycles. The van der Waals surface area contributed by atoms with Crippen molar-refractivity contribution in [2.45, 2.75) is 70.4 Å². The summed E-state index contributed by atoms with van der Waals surface area (Å²) in [6.45, 7) is 3.36. The average Bonchev–Trinajstić information content (AvgIpc) is 3.02. The molecular weight excluding hydrogens is 234 g/mol. The molecule has 2 heterocycles. The maximum absolute atomic E-state index is 4.96. The van der Waals surface area contributed by atoms with Crippen molar-refractivity contribution >= 4 is 0 Å². The predicted molar refractivity (Wildman–Crippen MR) is 76.2 cm³/mol. The van der Waals surface area contributed by atoms with Crippen LogP contribution in [-0.2, 0) is 19.5 Å². The molecule has 4 rings (SSSR count). The molecule has 1 N–H and O–H groups in total. The average molecular weight is 259 g/mol. The van der Waals surface area contributed by atoms with Gasteiger partial charge in [0.15, 0.2) is 0 Å². The Kier molecular flexibility index (Phi) is 3.10. The van der Waals surface area contributed by atoms with Crippen LogP contribution in [-0.4, -0.2) is 16.1 Å². The van der Waals surface area contributed by atoms with E-state index in [-0.39, 0.29) is 0 Å². The summed E-state index contributed by atoms with van der Waals surface area (Å²) in [5, 5.41) is 3.46. The van der Waals surface area contributed by atoms with Crippen LogP contribution in [0.2, 0.25) is 0 Å². The van der Waals surface area contributed by atoms with Crippen LogP contribution < -0.4 is 5.32 Å². The summed E-state index contributed by atoms with van der Waals surface area (Å²) in [4.78, 5) is 4.96. The zero-order chi connectivity index (χ0) is 12.7. The molecule has 3 aliphatic rings. The summed E-state index contributed by atoms with van der Waals surface area (Å²) in [6.07, 6.45) is 11.2. The summed E-state index contributed by atoms with van der Waals surface area (Å²) >= 11 is 0. The molecule has 1 aromatic heterocycles. The quantitative estimate of drug-likeness (QED) is 0.901. The lowest BCUT2D eigenvalue weighted by atomic mass is 10.0. The highest BCUT2D eigenvalue weighted by molar-refractivity contribution is 5.24. The fraction of sp³-hybridized carbons (Fsp3) is 0.812. The van der Waals surface area contributed by atoms with Crippen molar-refractivity contribution in [2.75, 3.05) is 6.54 Å². The van der Waals surface area contributed by atoms with Crippen LogP contribution in [0.5, 0.6) is 0 Å². The Bertz CT molecular complexity index is 453. The molecule has 2 aliphatic carbocycles. The molecule has 104 valence electrons. The van der Waals surface area contributed by atoms with Gasteiger partial charge in [-0.3, -0.25) is 0 Å². The Hall–Kier alpha value is -0.830. The highest BCUT2D eigenvalue weighted by Gasteiger charge is 2.31. The van der Waals surface area contributed by atoms with Crippen LogP contribution in [0.1, 0.15) is 68.1 Å². The van der Waals surface area contributed by atoms with Crippen LogP contribution in [0.3, 0.4) is 0 Å². The molecule has 3 nitrogen and oxygen atoms in total. The van der Waals surface area contributed by atoms with Crippen molar-refractivity contribution < 1.29 is 0 Å². The largest absolute Gasteiger partial charge is 0.331 e. The fourth-order valence-electron chi connectivity index (χ4n) is 3.91. The molecule has 1 aliphatic heterocycles. The Balaban J connectivity index is 1.55. The maximum atomic E-state index is 4.96. The topological polar surface area (TPSA) is 29.9 Å².